The third kappa shape index (κ3) is 5.29. The molecule has 1 aliphatic rings. The lowest BCUT2D eigenvalue weighted by molar-refractivity contribution is -0.132. The van der Waals surface area contributed by atoms with Gasteiger partial charge in [0.1, 0.15) is 5.76 Å². The number of hydrogen-bond acceptors (Lipinski definition) is 7. The van der Waals surface area contributed by atoms with E-state index in [0.29, 0.717) is 50.8 Å². The van der Waals surface area contributed by atoms with E-state index >= 15 is 0 Å². The number of thiazole rings is 1. The first-order chi connectivity index (χ1) is 19.2. The standard InChI is InChI=1S/C31H29ClN2O5S/c1-17(2)13-14-39-23-12-9-20(15-24(23)38-4)27-26(28(35)19-7-5-18(3)6-8-19)29(36)30(37)34(27)31-33-22-11-10-21(32)16-25(22)40-31/h5-12,15-17,27,35H,13-14H2,1-4H3. The van der Waals surface area contributed by atoms with Gasteiger partial charge in [-0.2, -0.15) is 0 Å². The molecule has 1 atom stereocenters. The lowest BCUT2D eigenvalue weighted by Gasteiger charge is -2.24. The third-order valence-corrected chi connectivity index (χ3v) is 8.02. The highest BCUT2D eigenvalue weighted by Gasteiger charge is 2.48. The van der Waals surface area contributed by atoms with Crippen molar-refractivity contribution in [1.82, 2.24) is 4.98 Å². The second-order valence-corrected chi connectivity index (χ2v) is 11.5. The van der Waals surface area contributed by atoms with Crippen molar-refractivity contribution in [1.29, 1.82) is 0 Å². The number of fused-ring (bicyclic) bond motifs is 1. The van der Waals surface area contributed by atoms with Crippen LogP contribution in [0.15, 0.2) is 66.2 Å². The van der Waals surface area contributed by atoms with Crippen molar-refractivity contribution in [3.8, 4) is 11.5 Å². The molecule has 1 N–H and O–H groups in total. The van der Waals surface area contributed by atoms with Gasteiger partial charge in [0.2, 0.25) is 0 Å². The Bertz CT molecular complexity index is 1630. The average Bonchev–Trinajstić information content (AvgIpc) is 3.46. The minimum Gasteiger partial charge on any atom is -0.507 e. The fraction of sp³-hybridized carbons (Fsp3) is 0.258. The normalized spacial score (nSPS) is 16.8. The van der Waals surface area contributed by atoms with Crippen LogP contribution in [-0.2, 0) is 9.59 Å². The summed E-state index contributed by atoms with van der Waals surface area (Å²) in [6.45, 7) is 6.69. The number of ketones is 1. The summed E-state index contributed by atoms with van der Waals surface area (Å²) in [6.07, 6.45) is 0.878. The van der Waals surface area contributed by atoms with Crippen molar-refractivity contribution in [2.24, 2.45) is 5.92 Å². The van der Waals surface area contributed by atoms with Crippen molar-refractivity contribution < 1.29 is 24.2 Å². The lowest BCUT2D eigenvalue weighted by Crippen LogP contribution is -2.29. The number of aromatic nitrogens is 1. The summed E-state index contributed by atoms with van der Waals surface area (Å²) < 4.78 is 12.4. The second-order valence-electron chi connectivity index (χ2n) is 10.1. The van der Waals surface area contributed by atoms with Gasteiger partial charge in [-0.15, -0.1) is 0 Å². The predicted molar refractivity (Wildman–Crippen MR) is 159 cm³/mol. The number of halogens is 1. The Morgan fingerprint density at radius 1 is 1.07 bits per heavy atom. The van der Waals surface area contributed by atoms with Gasteiger partial charge in [-0.05, 0) is 55.2 Å². The number of carbonyl (C=O) groups excluding carboxylic acids is 2. The molecule has 206 valence electrons. The topological polar surface area (TPSA) is 89.0 Å². The Hall–Kier alpha value is -3.88. The molecule has 0 aliphatic carbocycles. The third-order valence-electron chi connectivity index (χ3n) is 6.77. The smallest absolute Gasteiger partial charge is 0.301 e. The number of methoxy groups -OCH3 is 1. The van der Waals surface area contributed by atoms with E-state index in [0.717, 1.165) is 16.7 Å². The highest BCUT2D eigenvalue weighted by atomic mass is 35.5. The van der Waals surface area contributed by atoms with Crippen molar-refractivity contribution in [2.75, 3.05) is 18.6 Å². The van der Waals surface area contributed by atoms with Crippen LogP contribution in [0.5, 0.6) is 11.5 Å². The number of carbonyl (C=O) groups is 2. The zero-order chi connectivity index (χ0) is 28.6. The number of rotatable bonds is 8. The van der Waals surface area contributed by atoms with Crippen LogP contribution in [0.25, 0.3) is 16.0 Å². The molecule has 9 heteroatoms. The fourth-order valence-electron chi connectivity index (χ4n) is 4.58. The number of aliphatic hydroxyl groups is 1. The van der Waals surface area contributed by atoms with Gasteiger partial charge in [0.05, 0.1) is 35.5 Å². The Balaban J connectivity index is 1.66. The van der Waals surface area contributed by atoms with Crippen LogP contribution in [0.3, 0.4) is 0 Å². The van der Waals surface area contributed by atoms with E-state index in [9.17, 15) is 14.7 Å². The number of benzene rings is 3. The van der Waals surface area contributed by atoms with Gasteiger partial charge < -0.3 is 14.6 Å². The number of anilines is 1. The number of ether oxygens (including phenoxy) is 2. The van der Waals surface area contributed by atoms with Crippen LogP contribution in [0.1, 0.15) is 43.0 Å². The van der Waals surface area contributed by atoms with E-state index < -0.39 is 17.7 Å². The summed E-state index contributed by atoms with van der Waals surface area (Å²) in [5, 5.41) is 12.3. The first-order valence-electron chi connectivity index (χ1n) is 12.9. The second kappa shape index (κ2) is 11.3. The zero-order valence-corrected chi connectivity index (χ0v) is 24.2. The molecule has 1 amide bonds. The van der Waals surface area contributed by atoms with Crippen molar-refractivity contribution in [3.63, 3.8) is 0 Å². The molecule has 1 unspecified atom stereocenters. The Labute approximate surface area is 241 Å². The molecule has 0 bridgehead atoms. The maximum atomic E-state index is 13.6. The van der Waals surface area contributed by atoms with Gasteiger partial charge in [-0.3, -0.25) is 14.5 Å². The number of aliphatic hydroxyl groups excluding tert-OH is 1. The van der Waals surface area contributed by atoms with Crippen LogP contribution in [0.2, 0.25) is 5.02 Å². The number of nitrogens with zero attached hydrogens (tertiary/aromatic N) is 2. The predicted octanol–water partition coefficient (Wildman–Crippen LogP) is 7.32. The summed E-state index contributed by atoms with van der Waals surface area (Å²) in [7, 11) is 1.54. The Morgan fingerprint density at radius 2 is 1.82 bits per heavy atom. The quantitative estimate of drug-likeness (QED) is 0.134. The number of aryl methyl sites for hydroxylation is 1. The van der Waals surface area contributed by atoms with Gasteiger partial charge in [0.25, 0.3) is 5.78 Å². The summed E-state index contributed by atoms with van der Waals surface area (Å²) in [5.74, 6) is -0.339. The SMILES string of the molecule is COc1cc(C2C(=C(O)c3ccc(C)cc3)C(=O)C(=O)N2c2nc3ccc(Cl)cc3s2)ccc1OCCC(C)C. The van der Waals surface area contributed by atoms with Gasteiger partial charge >= 0.3 is 5.91 Å². The molecule has 3 aromatic carbocycles. The molecular formula is C31H29ClN2O5S. The molecule has 0 spiro atoms. The van der Waals surface area contributed by atoms with Crippen LogP contribution in [0.4, 0.5) is 5.13 Å². The maximum absolute atomic E-state index is 13.6. The maximum Gasteiger partial charge on any atom is 0.301 e. The minimum atomic E-state index is -0.948. The lowest BCUT2D eigenvalue weighted by atomic mass is 9.95. The first-order valence-corrected chi connectivity index (χ1v) is 14.1. The Kier molecular flexibility index (Phi) is 7.83. The molecule has 0 radical (unpaired) electrons. The van der Waals surface area contributed by atoms with Crippen LogP contribution in [-0.4, -0.2) is 35.5 Å². The number of hydrogen-bond donors (Lipinski definition) is 1. The number of amides is 1. The molecule has 40 heavy (non-hydrogen) atoms. The molecule has 2 heterocycles. The number of Topliss-reactive ketones (excluding diaryl/α,β-unsaturated/α-hetero) is 1. The fourth-order valence-corrected chi connectivity index (χ4v) is 5.85. The van der Waals surface area contributed by atoms with Crippen LogP contribution >= 0.6 is 22.9 Å². The van der Waals surface area contributed by atoms with Gasteiger partial charge in [-0.25, -0.2) is 4.98 Å². The largest absolute Gasteiger partial charge is 0.507 e. The monoisotopic (exact) mass is 576 g/mol. The van der Waals surface area contributed by atoms with Crippen molar-refractivity contribution in [2.45, 2.75) is 33.2 Å². The van der Waals surface area contributed by atoms with E-state index in [4.69, 9.17) is 21.1 Å². The van der Waals surface area contributed by atoms with Crippen molar-refractivity contribution in [3.05, 3.63) is 87.9 Å². The highest BCUT2D eigenvalue weighted by Crippen LogP contribution is 2.46. The highest BCUT2D eigenvalue weighted by molar-refractivity contribution is 7.22. The average molecular weight is 577 g/mol. The van der Waals surface area contributed by atoms with Gasteiger partial charge in [-0.1, -0.05) is 72.7 Å². The van der Waals surface area contributed by atoms with Crippen LogP contribution < -0.4 is 14.4 Å². The van der Waals surface area contributed by atoms with E-state index in [1.54, 1.807) is 48.5 Å². The summed E-state index contributed by atoms with van der Waals surface area (Å²) in [6, 6.07) is 16.7. The molecule has 5 rings (SSSR count). The van der Waals surface area contributed by atoms with E-state index in [-0.39, 0.29) is 11.3 Å². The minimum absolute atomic E-state index is 0.0262. The summed E-state index contributed by atoms with van der Waals surface area (Å²) in [4.78, 5) is 33.1. The zero-order valence-electron chi connectivity index (χ0n) is 22.6. The molecule has 1 fully saturated rings. The first kappa shape index (κ1) is 27.7. The summed E-state index contributed by atoms with van der Waals surface area (Å²) in [5.41, 5.74) is 2.62. The Morgan fingerprint density at radius 3 is 2.52 bits per heavy atom. The molecule has 1 aromatic heterocycles. The van der Waals surface area contributed by atoms with E-state index in [1.807, 2.05) is 19.1 Å². The molecule has 7 nitrogen and oxygen atoms in total. The van der Waals surface area contributed by atoms with Crippen molar-refractivity contribution >= 4 is 55.7 Å². The summed E-state index contributed by atoms with van der Waals surface area (Å²) >= 11 is 7.44. The van der Waals surface area contributed by atoms with E-state index in [1.165, 1.54) is 23.3 Å². The molecule has 4 aromatic rings. The molecule has 1 aliphatic heterocycles. The van der Waals surface area contributed by atoms with Crippen LogP contribution in [0, 0.1) is 12.8 Å². The molecule has 0 saturated carbocycles. The van der Waals surface area contributed by atoms with Gasteiger partial charge in [0, 0.05) is 10.6 Å². The molecular weight excluding hydrogens is 548 g/mol. The molecule has 1 saturated heterocycles. The van der Waals surface area contributed by atoms with Gasteiger partial charge in [0.15, 0.2) is 16.6 Å². The van der Waals surface area contributed by atoms with E-state index in [2.05, 4.69) is 18.8 Å².